The molecule has 14 rings (SSSR count). The van der Waals surface area contributed by atoms with Gasteiger partial charge in [-0.25, -0.2) is 15.0 Å². The van der Waals surface area contributed by atoms with Crippen LogP contribution in [-0.2, 0) is 0 Å². The second-order valence-electron chi connectivity index (χ2n) is 19.6. The first-order valence-corrected chi connectivity index (χ1v) is 28.1. The Morgan fingerprint density at radius 3 is 1.30 bits per heavy atom. The lowest BCUT2D eigenvalue weighted by Gasteiger charge is -2.42. The standard InChI is InChI=1S/C22H24N4.C17H14BrN3.C12H12N2.C5H3BrFN.C5H11N.ClH/c1-4-13-25(14-5-1)21-9-6-12-23-22(21)26-15-18(16-26)20-11-10-17-7-2-3-8-19(17)24-20;18-14-5-3-9-19-17(14)21-10-13(11-21)16-8-7-12-4-1-2-6-15(12)20-16;1-2-4-11-9(3-1)5-6-12(14-11)10-7-13-8-10;6-4-2-1-3-8-5(4)7;1-2-4-6-5-3-1;/h2-3,6-12,18H,1,4-5,13-16H2;1-9,13H,10-11H2;1-6,10,13H,7-8H2;1-3H;6H,1-5H2;1H. The smallest absolute Gasteiger partial charge is 0.227 e. The Hall–Kier alpha value is -6.16. The summed E-state index contributed by atoms with van der Waals surface area (Å²) >= 11 is 6.52. The molecule has 0 atom stereocenters. The Morgan fingerprint density at radius 1 is 0.421 bits per heavy atom. The zero-order chi connectivity index (χ0) is 51.2. The third kappa shape index (κ3) is 14.1. The lowest BCUT2D eigenvalue weighted by molar-refractivity contribution is 0.441. The van der Waals surface area contributed by atoms with Crippen LogP contribution in [0.15, 0.2) is 173 Å². The molecule has 3 aromatic carbocycles. The number of halogens is 4. The van der Waals surface area contributed by atoms with E-state index in [1.807, 2.05) is 42.7 Å². The van der Waals surface area contributed by atoms with Gasteiger partial charge in [0, 0.05) is 122 Å². The first-order chi connectivity index (χ1) is 36.9. The molecule has 9 aromatic rings. The van der Waals surface area contributed by atoms with Gasteiger partial charge in [-0.1, -0.05) is 79.2 Å². The van der Waals surface area contributed by atoms with E-state index in [0.717, 1.165) is 85.0 Å². The predicted octanol–water partition coefficient (Wildman–Crippen LogP) is 13.3. The molecule has 15 heteroatoms. The predicted molar refractivity (Wildman–Crippen MR) is 319 cm³/mol. The normalized spacial score (nSPS) is 16.4. The van der Waals surface area contributed by atoms with E-state index in [-0.39, 0.29) is 12.4 Å². The van der Waals surface area contributed by atoms with Crippen molar-refractivity contribution in [2.24, 2.45) is 0 Å². The highest BCUT2D eigenvalue weighted by atomic mass is 79.9. The van der Waals surface area contributed by atoms with Crippen molar-refractivity contribution in [1.82, 2.24) is 40.5 Å². The van der Waals surface area contributed by atoms with Crippen LogP contribution in [0, 0.1) is 5.95 Å². The lowest BCUT2D eigenvalue weighted by atomic mass is 9.95. The molecule has 0 spiro atoms. The van der Waals surface area contributed by atoms with E-state index in [4.69, 9.17) is 15.0 Å². The number of hydrogen-bond donors (Lipinski definition) is 2. The van der Waals surface area contributed by atoms with Gasteiger partial charge < -0.3 is 25.3 Å². The fourth-order valence-corrected chi connectivity index (χ4v) is 10.7. The van der Waals surface area contributed by atoms with Gasteiger partial charge in [-0.3, -0.25) is 15.0 Å². The van der Waals surface area contributed by atoms with Crippen molar-refractivity contribution in [2.75, 3.05) is 80.1 Å². The molecule has 5 aliphatic heterocycles. The lowest BCUT2D eigenvalue weighted by Crippen LogP contribution is -2.46. The maximum Gasteiger partial charge on any atom is 0.227 e. The second-order valence-corrected chi connectivity index (χ2v) is 21.3. The number of anilines is 3. The Morgan fingerprint density at radius 2 is 0.868 bits per heavy atom. The average molecular weight is 1170 g/mol. The van der Waals surface area contributed by atoms with Crippen molar-refractivity contribution in [2.45, 2.75) is 56.3 Å². The zero-order valence-electron chi connectivity index (χ0n) is 42.7. The molecule has 0 radical (unpaired) electrons. The molecule has 392 valence electrons. The molecule has 76 heavy (non-hydrogen) atoms. The molecular formula is C61H65Br2ClFN11. The summed E-state index contributed by atoms with van der Waals surface area (Å²) in [6.07, 6.45) is 13.3. The number of rotatable bonds is 6. The van der Waals surface area contributed by atoms with Crippen molar-refractivity contribution in [3.8, 4) is 0 Å². The molecule has 5 saturated heterocycles. The maximum atomic E-state index is 12.2. The van der Waals surface area contributed by atoms with Gasteiger partial charge in [0.1, 0.15) is 5.82 Å². The number of benzene rings is 3. The monoisotopic (exact) mass is 1160 g/mol. The van der Waals surface area contributed by atoms with Gasteiger partial charge in [-0.2, -0.15) is 4.39 Å². The third-order valence-corrected chi connectivity index (χ3v) is 15.6. The van der Waals surface area contributed by atoms with E-state index < -0.39 is 5.95 Å². The van der Waals surface area contributed by atoms with E-state index in [2.05, 4.69) is 175 Å². The first kappa shape index (κ1) is 54.6. The first-order valence-electron chi connectivity index (χ1n) is 26.5. The van der Waals surface area contributed by atoms with Gasteiger partial charge in [0.05, 0.1) is 31.2 Å². The summed E-state index contributed by atoms with van der Waals surface area (Å²) in [6.45, 7) is 10.9. The number of aromatic nitrogens is 6. The van der Waals surface area contributed by atoms with Crippen LogP contribution in [0.5, 0.6) is 0 Å². The van der Waals surface area contributed by atoms with Crippen molar-refractivity contribution in [3.05, 3.63) is 196 Å². The van der Waals surface area contributed by atoms with Gasteiger partial charge in [0.2, 0.25) is 5.95 Å². The zero-order valence-corrected chi connectivity index (χ0v) is 46.7. The summed E-state index contributed by atoms with van der Waals surface area (Å²) in [5.41, 5.74) is 8.19. The minimum absolute atomic E-state index is 0. The van der Waals surface area contributed by atoms with Gasteiger partial charge in [-0.15, -0.1) is 12.4 Å². The molecule has 0 bridgehead atoms. The van der Waals surface area contributed by atoms with Crippen LogP contribution < -0.4 is 25.3 Å². The Balaban J connectivity index is 0.000000126. The summed E-state index contributed by atoms with van der Waals surface area (Å²) in [4.78, 5) is 34.0. The summed E-state index contributed by atoms with van der Waals surface area (Å²) < 4.78 is 13.6. The van der Waals surface area contributed by atoms with Crippen molar-refractivity contribution in [1.29, 1.82) is 0 Å². The number of piperidine rings is 2. The number of pyridine rings is 6. The highest BCUT2D eigenvalue weighted by Gasteiger charge is 2.33. The highest BCUT2D eigenvalue weighted by Crippen LogP contribution is 2.37. The summed E-state index contributed by atoms with van der Waals surface area (Å²) in [5, 5.41) is 10.2. The van der Waals surface area contributed by atoms with Gasteiger partial charge in [0.15, 0.2) is 5.82 Å². The van der Waals surface area contributed by atoms with E-state index in [9.17, 15) is 4.39 Å². The number of para-hydroxylation sites is 3. The highest BCUT2D eigenvalue weighted by molar-refractivity contribution is 9.10. The topological polar surface area (TPSA) is 111 Å². The fraction of sp³-hybridized carbons (Fsp3) is 0.311. The van der Waals surface area contributed by atoms with E-state index in [1.165, 1.54) is 96.7 Å². The third-order valence-electron chi connectivity index (χ3n) is 14.4. The summed E-state index contributed by atoms with van der Waals surface area (Å²) in [5.74, 6) is 3.31. The van der Waals surface area contributed by atoms with Crippen molar-refractivity contribution < 1.29 is 4.39 Å². The molecule has 5 fully saturated rings. The molecule has 0 aliphatic carbocycles. The molecule has 0 unspecified atom stereocenters. The summed E-state index contributed by atoms with van der Waals surface area (Å²) in [7, 11) is 0. The van der Waals surface area contributed by atoms with Gasteiger partial charge in [-0.05, 0) is 150 Å². The van der Waals surface area contributed by atoms with E-state index >= 15 is 0 Å². The number of fused-ring (bicyclic) bond motifs is 3. The van der Waals surface area contributed by atoms with Crippen LogP contribution in [0.1, 0.15) is 73.4 Å². The van der Waals surface area contributed by atoms with Crippen molar-refractivity contribution >= 4 is 94.3 Å². The van der Waals surface area contributed by atoms with Crippen LogP contribution in [0.25, 0.3) is 32.7 Å². The molecule has 5 aliphatic rings. The van der Waals surface area contributed by atoms with Gasteiger partial charge in [0.25, 0.3) is 0 Å². The molecule has 0 saturated carbocycles. The minimum Gasteiger partial charge on any atom is -0.369 e. The molecule has 0 amide bonds. The molecule has 6 aromatic heterocycles. The molecule has 11 nitrogen and oxygen atoms in total. The number of nitrogens with one attached hydrogen (secondary N) is 2. The number of nitrogens with zero attached hydrogens (tertiary/aromatic N) is 9. The van der Waals surface area contributed by atoms with Crippen LogP contribution in [-0.4, -0.2) is 95.4 Å². The number of hydrogen-bond acceptors (Lipinski definition) is 11. The van der Waals surface area contributed by atoms with E-state index in [0.29, 0.717) is 22.2 Å². The Labute approximate surface area is 468 Å². The Kier molecular flexibility index (Phi) is 19.6. The Bertz CT molecular complexity index is 3240. The molecule has 2 N–H and O–H groups in total. The second kappa shape index (κ2) is 27.2. The minimum atomic E-state index is -0.465. The van der Waals surface area contributed by atoms with Gasteiger partial charge >= 0.3 is 0 Å². The quantitative estimate of drug-likeness (QED) is 0.155. The van der Waals surface area contributed by atoms with Crippen LogP contribution in [0.3, 0.4) is 0 Å². The van der Waals surface area contributed by atoms with Crippen LogP contribution in [0.2, 0.25) is 0 Å². The fourth-order valence-electron chi connectivity index (χ4n) is 9.89. The van der Waals surface area contributed by atoms with Crippen molar-refractivity contribution in [3.63, 3.8) is 0 Å². The van der Waals surface area contributed by atoms with E-state index in [1.54, 1.807) is 12.1 Å². The largest absolute Gasteiger partial charge is 0.369 e. The van der Waals surface area contributed by atoms with Crippen LogP contribution >= 0.6 is 44.3 Å². The SMILES string of the molecule is Brc1cccnc1N1CC(c2ccc3ccccc3n2)C1.C1CCNCC1.Cl.Fc1ncccc1Br.c1ccc2nc(C3CNC3)ccc2c1.c1cnc(N2CC(c3ccc4ccccc4n3)C2)c(N2CCCCC2)c1. The average Bonchev–Trinajstić information content (AvgIpc) is 3.43. The maximum absolute atomic E-state index is 12.2. The molecule has 11 heterocycles. The van der Waals surface area contributed by atoms with Crippen LogP contribution in [0.4, 0.5) is 21.7 Å². The molecular weight excluding hydrogens is 1100 g/mol. The summed E-state index contributed by atoms with van der Waals surface area (Å²) in [6, 6.07) is 49.4.